The highest BCUT2D eigenvalue weighted by molar-refractivity contribution is 7.92. The number of hydrogen-bond acceptors (Lipinski definition) is 4. The smallest absolute Gasteiger partial charge is 0.264 e. The third-order valence-electron chi connectivity index (χ3n) is 5.34. The van der Waals surface area contributed by atoms with Gasteiger partial charge in [0.25, 0.3) is 15.9 Å². The molecule has 152 valence electrons. The molecule has 1 fully saturated rings. The van der Waals surface area contributed by atoms with Gasteiger partial charge in [0, 0.05) is 31.5 Å². The average Bonchev–Trinajstić information content (AvgIpc) is 2.89. The Bertz CT molecular complexity index is 1020. The topological polar surface area (TPSA) is 80.6 Å². The first kappa shape index (κ1) is 20.4. The Hall–Kier alpha value is -2.32. The summed E-state index contributed by atoms with van der Waals surface area (Å²) in [5, 5.41) is 0. The number of anilines is 1. The van der Waals surface area contributed by atoms with E-state index in [9.17, 15) is 13.2 Å². The van der Waals surface area contributed by atoms with E-state index in [4.69, 9.17) is 4.74 Å². The first-order valence-corrected chi connectivity index (χ1v) is 10.7. The van der Waals surface area contributed by atoms with Crippen LogP contribution in [0.2, 0.25) is 0 Å². The van der Waals surface area contributed by atoms with Crippen molar-refractivity contribution in [2.75, 3.05) is 31.0 Å². The number of aromatic nitrogens is 1. The number of morpholine rings is 1. The van der Waals surface area contributed by atoms with Crippen LogP contribution in [0.4, 0.5) is 5.69 Å². The zero-order valence-corrected chi connectivity index (χ0v) is 17.8. The minimum Gasteiger partial charge on any atom is -0.378 e. The highest BCUT2D eigenvalue weighted by Gasteiger charge is 2.33. The summed E-state index contributed by atoms with van der Waals surface area (Å²) in [7, 11) is -2.17. The van der Waals surface area contributed by atoms with Gasteiger partial charge in [-0.3, -0.25) is 9.52 Å². The van der Waals surface area contributed by atoms with Crippen molar-refractivity contribution in [1.29, 1.82) is 0 Å². The van der Waals surface area contributed by atoms with Gasteiger partial charge in [-0.25, -0.2) is 8.42 Å². The highest BCUT2D eigenvalue weighted by atomic mass is 32.2. The molecular weight excluding hydrogens is 378 g/mol. The summed E-state index contributed by atoms with van der Waals surface area (Å²) in [6, 6.07) is 5.59. The van der Waals surface area contributed by atoms with Crippen molar-refractivity contribution >= 4 is 21.6 Å². The summed E-state index contributed by atoms with van der Waals surface area (Å²) >= 11 is 0. The molecular formula is C20H27N3O4S. The van der Waals surface area contributed by atoms with E-state index in [-0.39, 0.29) is 16.4 Å². The summed E-state index contributed by atoms with van der Waals surface area (Å²) in [5.41, 5.74) is 3.70. The minimum absolute atomic E-state index is 0.0462. The molecule has 0 atom stereocenters. The van der Waals surface area contributed by atoms with Gasteiger partial charge < -0.3 is 14.2 Å². The second-order valence-electron chi connectivity index (χ2n) is 7.26. The van der Waals surface area contributed by atoms with Crippen molar-refractivity contribution in [3.63, 3.8) is 0 Å². The number of benzene rings is 1. The van der Waals surface area contributed by atoms with Gasteiger partial charge >= 0.3 is 0 Å². The third-order valence-corrected chi connectivity index (χ3v) is 6.87. The largest absolute Gasteiger partial charge is 0.378 e. The molecule has 3 rings (SSSR count). The van der Waals surface area contributed by atoms with E-state index in [0.717, 1.165) is 11.1 Å². The van der Waals surface area contributed by atoms with E-state index >= 15 is 0 Å². The van der Waals surface area contributed by atoms with Crippen LogP contribution in [-0.4, -0.2) is 50.1 Å². The molecule has 1 aromatic carbocycles. The molecule has 0 bridgehead atoms. The predicted octanol–water partition coefficient (Wildman–Crippen LogP) is 2.53. The van der Waals surface area contributed by atoms with Gasteiger partial charge in [-0.05, 0) is 44.9 Å². The number of carbonyl (C=O) groups is 1. The molecule has 0 unspecified atom stereocenters. The lowest BCUT2D eigenvalue weighted by Crippen LogP contribution is -2.41. The van der Waals surface area contributed by atoms with Crippen molar-refractivity contribution in [1.82, 2.24) is 9.47 Å². The number of carbonyl (C=O) groups excluding carboxylic acids is 1. The Morgan fingerprint density at radius 2 is 1.71 bits per heavy atom. The molecule has 2 heterocycles. The average molecular weight is 406 g/mol. The Labute approximate surface area is 166 Å². The molecule has 1 saturated heterocycles. The number of aryl methyl sites for hydroxylation is 2. The number of amides is 1. The van der Waals surface area contributed by atoms with Crippen molar-refractivity contribution < 1.29 is 17.9 Å². The van der Waals surface area contributed by atoms with Crippen LogP contribution < -0.4 is 4.72 Å². The molecule has 0 spiro atoms. The molecule has 0 aliphatic carbocycles. The van der Waals surface area contributed by atoms with E-state index < -0.39 is 10.0 Å². The molecule has 1 amide bonds. The van der Waals surface area contributed by atoms with Gasteiger partial charge in [0.1, 0.15) is 4.90 Å². The molecule has 0 saturated carbocycles. The van der Waals surface area contributed by atoms with Gasteiger partial charge in [0.15, 0.2) is 0 Å². The molecule has 1 N–H and O–H groups in total. The van der Waals surface area contributed by atoms with Gasteiger partial charge in [-0.2, -0.15) is 0 Å². The maximum Gasteiger partial charge on any atom is 0.264 e. The maximum absolute atomic E-state index is 13.3. The van der Waals surface area contributed by atoms with Gasteiger partial charge in [0.05, 0.1) is 24.5 Å². The van der Waals surface area contributed by atoms with E-state index in [1.165, 1.54) is 0 Å². The van der Waals surface area contributed by atoms with Crippen LogP contribution >= 0.6 is 0 Å². The molecule has 1 aromatic heterocycles. The van der Waals surface area contributed by atoms with Crippen LogP contribution in [0.1, 0.15) is 32.9 Å². The molecule has 0 radical (unpaired) electrons. The molecule has 1 aliphatic heterocycles. The number of rotatable bonds is 4. The fourth-order valence-electron chi connectivity index (χ4n) is 3.46. The van der Waals surface area contributed by atoms with E-state index in [2.05, 4.69) is 4.72 Å². The zero-order valence-electron chi connectivity index (χ0n) is 17.0. The number of ether oxygens (including phenoxy) is 1. The normalized spacial score (nSPS) is 15.0. The van der Waals surface area contributed by atoms with Crippen molar-refractivity contribution in [2.45, 2.75) is 32.6 Å². The first-order chi connectivity index (χ1) is 13.1. The Morgan fingerprint density at radius 1 is 1.07 bits per heavy atom. The first-order valence-electron chi connectivity index (χ1n) is 9.26. The number of nitrogens with one attached hydrogen (secondary N) is 1. The highest BCUT2D eigenvalue weighted by Crippen LogP contribution is 2.30. The number of sulfonamides is 1. The van der Waals surface area contributed by atoms with Crippen LogP contribution in [0.5, 0.6) is 0 Å². The lowest BCUT2D eigenvalue weighted by molar-refractivity contribution is 0.0300. The Balaban J connectivity index is 2.08. The molecule has 7 nitrogen and oxygen atoms in total. The second kappa shape index (κ2) is 7.60. The van der Waals surface area contributed by atoms with Crippen LogP contribution in [0.15, 0.2) is 23.1 Å². The summed E-state index contributed by atoms with van der Waals surface area (Å²) < 4.78 is 36.4. The fourth-order valence-corrected chi connectivity index (χ4v) is 5.10. The Kier molecular flexibility index (Phi) is 5.54. The van der Waals surface area contributed by atoms with Crippen molar-refractivity contribution in [3.8, 4) is 0 Å². The van der Waals surface area contributed by atoms with Crippen molar-refractivity contribution in [2.24, 2.45) is 7.05 Å². The molecule has 1 aliphatic rings. The summed E-state index contributed by atoms with van der Waals surface area (Å²) in [6.45, 7) is 9.08. The van der Waals surface area contributed by atoms with Crippen LogP contribution in [-0.2, 0) is 21.8 Å². The van der Waals surface area contributed by atoms with E-state index in [1.807, 2.05) is 26.0 Å². The fraction of sp³-hybridized carbons (Fsp3) is 0.450. The maximum atomic E-state index is 13.3. The third kappa shape index (κ3) is 3.66. The van der Waals surface area contributed by atoms with Crippen LogP contribution in [0.25, 0.3) is 0 Å². The van der Waals surface area contributed by atoms with Crippen LogP contribution in [0.3, 0.4) is 0 Å². The monoisotopic (exact) mass is 405 g/mol. The number of hydrogen-bond donors (Lipinski definition) is 1. The van der Waals surface area contributed by atoms with Gasteiger partial charge in [-0.1, -0.05) is 12.1 Å². The lowest BCUT2D eigenvalue weighted by Gasteiger charge is -2.27. The quantitative estimate of drug-likeness (QED) is 0.848. The van der Waals surface area contributed by atoms with E-state index in [0.29, 0.717) is 43.4 Å². The molecule has 2 aromatic rings. The summed E-state index contributed by atoms with van der Waals surface area (Å²) in [6.07, 6.45) is 0. The van der Waals surface area contributed by atoms with Gasteiger partial charge in [0.2, 0.25) is 0 Å². The summed E-state index contributed by atoms with van der Waals surface area (Å²) in [5.74, 6) is -0.272. The molecule has 8 heteroatoms. The lowest BCUT2D eigenvalue weighted by atomic mass is 10.1. The van der Waals surface area contributed by atoms with Gasteiger partial charge in [-0.15, -0.1) is 0 Å². The van der Waals surface area contributed by atoms with Crippen LogP contribution in [0, 0.1) is 27.7 Å². The SMILES string of the molecule is Cc1ccc(C)c(NS(=O)(=O)c2c(C(=O)N3CCOCC3)c(C)n(C)c2C)c1. The standard InChI is InChI=1S/C20H27N3O4S/c1-13-6-7-14(2)17(12-13)21-28(25,26)19-16(4)22(5)15(3)18(19)20(24)23-8-10-27-11-9-23/h6-7,12,21H,8-11H2,1-5H3. The predicted molar refractivity (Wildman–Crippen MR) is 108 cm³/mol. The number of nitrogens with zero attached hydrogens (tertiary/aromatic N) is 2. The Morgan fingerprint density at radius 3 is 2.36 bits per heavy atom. The van der Waals surface area contributed by atoms with Crippen molar-refractivity contribution in [3.05, 3.63) is 46.3 Å². The van der Waals surface area contributed by atoms with E-state index in [1.54, 1.807) is 36.4 Å². The second-order valence-corrected chi connectivity index (χ2v) is 8.88. The molecule has 28 heavy (non-hydrogen) atoms. The minimum atomic E-state index is -3.95. The summed E-state index contributed by atoms with van der Waals surface area (Å²) in [4.78, 5) is 14.9. The zero-order chi connectivity index (χ0) is 20.6.